The van der Waals surface area contributed by atoms with E-state index in [2.05, 4.69) is 4.98 Å². The molecule has 2 aromatic heterocycles. The summed E-state index contributed by atoms with van der Waals surface area (Å²) < 4.78 is 0. The third kappa shape index (κ3) is 1.60. The van der Waals surface area contributed by atoms with Crippen LogP contribution in [0.1, 0.15) is 43.0 Å². The Morgan fingerprint density at radius 1 is 1.17 bits per heavy atom. The van der Waals surface area contributed by atoms with Crippen molar-refractivity contribution in [2.75, 3.05) is 0 Å². The van der Waals surface area contributed by atoms with Gasteiger partial charge in [-0.15, -0.1) is 11.3 Å². The van der Waals surface area contributed by atoms with Gasteiger partial charge in [0.25, 0.3) is 0 Å². The van der Waals surface area contributed by atoms with Crippen molar-refractivity contribution in [1.82, 2.24) is 4.98 Å². The molecule has 0 radical (unpaired) electrons. The van der Waals surface area contributed by atoms with Crippen LogP contribution < -0.4 is 0 Å². The van der Waals surface area contributed by atoms with Crippen molar-refractivity contribution in [2.45, 2.75) is 13.8 Å². The number of carboxylic acids is 2. The molecule has 0 aliphatic rings. The molecule has 6 nitrogen and oxygen atoms in total. The predicted molar refractivity (Wildman–Crippen MR) is 64.8 cm³/mol. The quantitative estimate of drug-likeness (QED) is 0.738. The molecule has 0 aromatic carbocycles. The smallest absolute Gasteiger partial charge is 0.353 e. The number of carboxylic acid groups (broad SMARTS) is 2. The van der Waals surface area contributed by atoms with Gasteiger partial charge in [-0.05, 0) is 19.4 Å². The molecule has 0 aliphatic heterocycles. The van der Waals surface area contributed by atoms with Gasteiger partial charge in [-0.1, -0.05) is 0 Å². The minimum absolute atomic E-state index is 0.0405. The number of thiophene rings is 1. The molecule has 0 bridgehead atoms. The summed E-state index contributed by atoms with van der Waals surface area (Å²) in [6.07, 6.45) is 0. The molecule has 18 heavy (non-hydrogen) atoms. The van der Waals surface area contributed by atoms with Gasteiger partial charge >= 0.3 is 11.9 Å². The Hall–Kier alpha value is -2.15. The zero-order valence-corrected chi connectivity index (χ0v) is 10.3. The number of Topliss-reactive ketones (excluding diaryl/α,β-unsaturated/α-hetero) is 1. The molecule has 0 atom stereocenters. The fourth-order valence-electron chi connectivity index (χ4n) is 1.92. The lowest BCUT2D eigenvalue weighted by molar-refractivity contribution is 0.0683. The first-order valence-corrected chi connectivity index (χ1v) is 5.78. The highest BCUT2D eigenvalue weighted by Gasteiger charge is 2.26. The molecule has 0 saturated heterocycles. The van der Waals surface area contributed by atoms with Crippen LogP contribution in [0.15, 0.2) is 0 Å². The van der Waals surface area contributed by atoms with E-state index in [1.165, 1.54) is 6.92 Å². The number of ketones is 1. The van der Waals surface area contributed by atoms with Crippen molar-refractivity contribution in [3.8, 4) is 0 Å². The summed E-state index contributed by atoms with van der Waals surface area (Å²) in [6.45, 7) is 2.82. The maximum Gasteiger partial charge on any atom is 0.353 e. The number of aryl methyl sites for hydroxylation is 1. The van der Waals surface area contributed by atoms with E-state index in [0.29, 0.717) is 15.8 Å². The molecule has 3 N–H and O–H groups in total. The minimum atomic E-state index is -1.24. The first kappa shape index (κ1) is 12.3. The van der Waals surface area contributed by atoms with E-state index in [-0.39, 0.29) is 16.1 Å². The number of hydrogen-bond acceptors (Lipinski definition) is 4. The minimum Gasteiger partial charge on any atom is -0.477 e. The zero-order valence-electron chi connectivity index (χ0n) is 9.53. The molecule has 0 unspecified atom stereocenters. The van der Waals surface area contributed by atoms with Crippen LogP contribution in [-0.4, -0.2) is 32.9 Å². The van der Waals surface area contributed by atoms with Crippen LogP contribution in [0.25, 0.3) is 10.2 Å². The number of H-pyrrole nitrogens is 1. The van der Waals surface area contributed by atoms with Crippen LogP contribution in [0.4, 0.5) is 0 Å². The zero-order chi connectivity index (χ0) is 13.6. The molecule has 2 aromatic rings. The largest absolute Gasteiger partial charge is 0.477 e. The number of aromatic nitrogens is 1. The van der Waals surface area contributed by atoms with Gasteiger partial charge in [-0.3, -0.25) is 4.79 Å². The second-order valence-electron chi connectivity index (χ2n) is 3.80. The molecule has 0 aliphatic carbocycles. The Morgan fingerprint density at radius 3 is 2.22 bits per heavy atom. The Kier molecular flexibility index (Phi) is 2.70. The van der Waals surface area contributed by atoms with Gasteiger partial charge in [0.15, 0.2) is 5.78 Å². The topological polar surface area (TPSA) is 107 Å². The Labute approximate surface area is 105 Å². The highest BCUT2D eigenvalue weighted by Crippen LogP contribution is 2.35. The van der Waals surface area contributed by atoms with Crippen LogP contribution >= 0.6 is 11.3 Å². The molecule has 2 rings (SSSR count). The van der Waals surface area contributed by atoms with Crippen LogP contribution in [0.3, 0.4) is 0 Å². The third-order valence-electron chi connectivity index (χ3n) is 2.65. The van der Waals surface area contributed by atoms with Crippen molar-refractivity contribution in [2.24, 2.45) is 0 Å². The van der Waals surface area contributed by atoms with Crippen LogP contribution in [0.2, 0.25) is 0 Å². The van der Waals surface area contributed by atoms with Crippen molar-refractivity contribution in [3.05, 3.63) is 21.7 Å². The normalized spacial score (nSPS) is 10.8. The summed E-state index contributed by atoms with van der Waals surface area (Å²) in [6, 6.07) is 0. The summed E-state index contributed by atoms with van der Waals surface area (Å²) in [5, 5.41) is 18.4. The maximum absolute atomic E-state index is 11.6. The fourth-order valence-corrected chi connectivity index (χ4v) is 2.98. The van der Waals surface area contributed by atoms with E-state index < -0.39 is 17.7 Å². The number of aromatic carboxylic acids is 2. The van der Waals surface area contributed by atoms with Gasteiger partial charge in [0, 0.05) is 5.39 Å². The van der Waals surface area contributed by atoms with Gasteiger partial charge in [-0.25, -0.2) is 9.59 Å². The van der Waals surface area contributed by atoms with Crippen molar-refractivity contribution < 1.29 is 24.6 Å². The van der Waals surface area contributed by atoms with Crippen LogP contribution in [0.5, 0.6) is 0 Å². The van der Waals surface area contributed by atoms with E-state index in [1.54, 1.807) is 6.92 Å². The van der Waals surface area contributed by atoms with Gasteiger partial charge < -0.3 is 15.2 Å². The van der Waals surface area contributed by atoms with Crippen molar-refractivity contribution in [3.63, 3.8) is 0 Å². The first-order chi connectivity index (χ1) is 8.34. The first-order valence-electron chi connectivity index (χ1n) is 4.97. The predicted octanol–water partition coefficient (Wildman–Crippen LogP) is 2.14. The molecular formula is C11H9NO5S. The summed E-state index contributed by atoms with van der Waals surface area (Å²) in [5.41, 5.74) is 0.263. The molecule has 2 heterocycles. The van der Waals surface area contributed by atoms with E-state index in [4.69, 9.17) is 10.2 Å². The fraction of sp³-hybridized carbons (Fsp3) is 0.182. The summed E-state index contributed by atoms with van der Waals surface area (Å²) in [4.78, 5) is 36.7. The standard InChI is InChI=1S/C11H9NO5S/c1-3-5-6(4(2)13)7(10(14)15)12-9(5)18-8(3)11(16)17/h12H,1-2H3,(H,14,15)(H,16,17). The van der Waals surface area contributed by atoms with Crippen LogP contribution in [-0.2, 0) is 0 Å². The number of nitrogens with one attached hydrogen (secondary N) is 1. The molecular weight excluding hydrogens is 258 g/mol. The maximum atomic E-state index is 11.6. The van der Waals surface area contributed by atoms with Gasteiger partial charge in [0.2, 0.25) is 0 Å². The lowest BCUT2D eigenvalue weighted by Gasteiger charge is -1.97. The summed E-state index contributed by atoms with van der Waals surface area (Å²) in [5.74, 6) is -2.73. The molecule has 0 amide bonds. The highest BCUT2D eigenvalue weighted by molar-refractivity contribution is 7.20. The van der Waals surface area contributed by atoms with Gasteiger partial charge in [0.1, 0.15) is 15.4 Å². The van der Waals surface area contributed by atoms with E-state index in [9.17, 15) is 14.4 Å². The lowest BCUT2D eigenvalue weighted by atomic mass is 10.1. The highest BCUT2D eigenvalue weighted by atomic mass is 32.1. The average molecular weight is 267 g/mol. The Bertz CT molecular complexity index is 694. The molecule has 0 fully saturated rings. The number of aromatic amines is 1. The second-order valence-corrected chi connectivity index (χ2v) is 4.82. The molecule has 94 valence electrons. The van der Waals surface area contributed by atoms with Gasteiger partial charge in [-0.2, -0.15) is 0 Å². The lowest BCUT2D eigenvalue weighted by Crippen LogP contribution is -2.05. The summed E-state index contributed by atoms with van der Waals surface area (Å²) >= 11 is 0.931. The molecule has 0 saturated carbocycles. The van der Waals surface area contributed by atoms with Gasteiger partial charge in [0.05, 0.1) is 5.56 Å². The molecule has 0 spiro atoms. The Morgan fingerprint density at radius 2 is 1.78 bits per heavy atom. The number of carbonyl (C=O) groups excluding carboxylic acids is 1. The third-order valence-corrected chi connectivity index (χ3v) is 3.84. The van der Waals surface area contributed by atoms with Crippen molar-refractivity contribution in [1.29, 1.82) is 0 Å². The van der Waals surface area contributed by atoms with E-state index in [1.807, 2.05) is 0 Å². The Balaban J connectivity index is 2.89. The van der Waals surface area contributed by atoms with Crippen molar-refractivity contribution >= 4 is 39.3 Å². The monoisotopic (exact) mass is 267 g/mol. The SMILES string of the molecule is CC(=O)c1c(C(=O)O)[nH]c2sc(C(=O)O)c(C)c12. The summed E-state index contributed by atoms with van der Waals surface area (Å²) in [7, 11) is 0. The number of carbonyl (C=O) groups is 3. The average Bonchev–Trinajstić information content (AvgIpc) is 2.75. The molecule has 7 heteroatoms. The number of hydrogen-bond donors (Lipinski definition) is 3. The van der Waals surface area contributed by atoms with E-state index >= 15 is 0 Å². The number of rotatable bonds is 3. The van der Waals surface area contributed by atoms with E-state index in [0.717, 1.165) is 11.3 Å². The second kappa shape index (κ2) is 3.95. The number of fused-ring (bicyclic) bond motifs is 1. The van der Waals surface area contributed by atoms with Crippen LogP contribution in [0, 0.1) is 6.92 Å².